The monoisotopic (exact) mass is 266 g/mol. The van der Waals surface area contributed by atoms with Gasteiger partial charge in [0.05, 0.1) is 6.10 Å². The topological polar surface area (TPSA) is 79.2 Å². The molecule has 0 bridgehead atoms. The van der Waals surface area contributed by atoms with E-state index >= 15 is 0 Å². The summed E-state index contributed by atoms with van der Waals surface area (Å²) in [4.78, 5) is 0. The number of rotatable bonds is 1. The van der Waals surface area contributed by atoms with E-state index in [0.29, 0.717) is 30.9 Å². The quantitative estimate of drug-likeness (QED) is 0.711. The van der Waals surface area contributed by atoms with E-state index in [-0.39, 0.29) is 23.5 Å². The Hall–Kier alpha value is -1.46. The van der Waals surface area contributed by atoms with Gasteiger partial charge in [0.1, 0.15) is 23.4 Å². The standard InChI is InChI=1S/C14H18O5/c15-9-5-11(16)10-7-12(17)14(19-13(10)6-9)8-1-3-18-4-2-8/h5-6,8,12,14-17H,1-4,7H2. The second kappa shape index (κ2) is 4.90. The summed E-state index contributed by atoms with van der Waals surface area (Å²) in [7, 11) is 0. The number of benzene rings is 1. The van der Waals surface area contributed by atoms with Gasteiger partial charge in [-0.2, -0.15) is 0 Å². The number of ether oxygens (including phenoxy) is 2. The van der Waals surface area contributed by atoms with Gasteiger partial charge in [-0.1, -0.05) is 0 Å². The first-order chi connectivity index (χ1) is 9.15. The Kier molecular flexibility index (Phi) is 3.24. The number of hydrogen-bond donors (Lipinski definition) is 3. The number of aliphatic hydroxyl groups is 1. The lowest BCUT2D eigenvalue weighted by atomic mass is 9.86. The van der Waals surface area contributed by atoms with Gasteiger partial charge in [0.15, 0.2) is 0 Å². The third-order valence-corrected chi connectivity index (χ3v) is 3.96. The predicted molar refractivity (Wildman–Crippen MR) is 67.4 cm³/mol. The van der Waals surface area contributed by atoms with E-state index in [2.05, 4.69) is 0 Å². The third-order valence-electron chi connectivity index (χ3n) is 3.96. The Morgan fingerprint density at radius 2 is 1.84 bits per heavy atom. The fourth-order valence-corrected chi connectivity index (χ4v) is 2.93. The minimum atomic E-state index is -0.633. The molecule has 2 atom stereocenters. The van der Waals surface area contributed by atoms with E-state index in [4.69, 9.17) is 9.47 Å². The molecule has 2 aliphatic heterocycles. The summed E-state index contributed by atoms with van der Waals surface area (Å²) in [5, 5.41) is 29.5. The van der Waals surface area contributed by atoms with Gasteiger partial charge in [0.25, 0.3) is 0 Å². The van der Waals surface area contributed by atoms with Crippen molar-refractivity contribution in [1.29, 1.82) is 0 Å². The maximum atomic E-state index is 10.2. The molecule has 0 amide bonds. The van der Waals surface area contributed by atoms with Gasteiger partial charge in [0, 0.05) is 43.2 Å². The normalized spacial score (nSPS) is 27.6. The zero-order valence-corrected chi connectivity index (χ0v) is 10.6. The molecule has 0 saturated carbocycles. The van der Waals surface area contributed by atoms with Crippen LogP contribution in [0, 0.1) is 5.92 Å². The van der Waals surface area contributed by atoms with Crippen molar-refractivity contribution in [3.63, 3.8) is 0 Å². The van der Waals surface area contributed by atoms with Crippen LogP contribution in [0.15, 0.2) is 12.1 Å². The van der Waals surface area contributed by atoms with E-state index in [1.807, 2.05) is 0 Å². The van der Waals surface area contributed by atoms with E-state index in [1.54, 1.807) is 0 Å². The lowest BCUT2D eigenvalue weighted by Crippen LogP contribution is -2.44. The molecule has 0 aromatic heterocycles. The molecule has 0 aliphatic carbocycles. The molecule has 3 rings (SSSR count). The minimum absolute atomic E-state index is 0.0283. The van der Waals surface area contributed by atoms with Crippen molar-refractivity contribution in [2.24, 2.45) is 5.92 Å². The number of aliphatic hydroxyl groups excluding tert-OH is 1. The molecule has 5 heteroatoms. The summed E-state index contributed by atoms with van der Waals surface area (Å²) in [6, 6.07) is 2.76. The Morgan fingerprint density at radius 1 is 1.11 bits per heavy atom. The molecule has 104 valence electrons. The van der Waals surface area contributed by atoms with Gasteiger partial charge >= 0.3 is 0 Å². The first-order valence-corrected chi connectivity index (χ1v) is 6.62. The second-order valence-electron chi connectivity index (χ2n) is 5.25. The van der Waals surface area contributed by atoms with Crippen molar-refractivity contribution in [3.8, 4) is 17.2 Å². The van der Waals surface area contributed by atoms with E-state index < -0.39 is 6.10 Å². The SMILES string of the molecule is Oc1cc(O)c2c(c1)OC(C1CCOCC1)C(O)C2. The number of phenolic OH excluding ortho intramolecular Hbond substituents is 2. The number of aromatic hydroxyl groups is 2. The highest BCUT2D eigenvalue weighted by molar-refractivity contribution is 5.51. The summed E-state index contributed by atoms with van der Waals surface area (Å²) < 4.78 is 11.1. The first-order valence-electron chi connectivity index (χ1n) is 6.62. The van der Waals surface area contributed by atoms with Crippen molar-refractivity contribution in [1.82, 2.24) is 0 Å². The average molecular weight is 266 g/mol. The summed E-state index contributed by atoms with van der Waals surface area (Å²) in [6.07, 6.45) is 1.15. The molecular formula is C14H18O5. The van der Waals surface area contributed by atoms with Gasteiger partial charge < -0.3 is 24.8 Å². The average Bonchev–Trinajstić information content (AvgIpc) is 2.40. The number of phenols is 2. The van der Waals surface area contributed by atoms with Crippen LogP contribution in [-0.4, -0.2) is 40.7 Å². The van der Waals surface area contributed by atoms with Crippen molar-refractivity contribution >= 4 is 0 Å². The summed E-state index contributed by atoms with van der Waals surface area (Å²) in [5.74, 6) is 0.665. The zero-order chi connectivity index (χ0) is 13.4. The van der Waals surface area contributed by atoms with Crippen LogP contribution < -0.4 is 4.74 Å². The summed E-state index contributed by atoms with van der Waals surface area (Å²) in [5.41, 5.74) is 0.564. The van der Waals surface area contributed by atoms with Crippen LogP contribution in [0.2, 0.25) is 0 Å². The lowest BCUT2D eigenvalue weighted by molar-refractivity contribution is -0.0486. The van der Waals surface area contributed by atoms with Crippen LogP contribution >= 0.6 is 0 Å². The molecule has 19 heavy (non-hydrogen) atoms. The van der Waals surface area contributed by atoms with Crippen molar-refractivity contribution in [2.75, 3.05) is 13.2 Å². The van der Waals surface area contributed by atoms with Gasteiger partial charge in [-0.05, 0) is 12.8 Å². The van der Waals surface area contributed by atoms with Crippen LogP contribution in [0.3, 0.4) is 0 Å². The molecule has 2 aliphatic rings. The Morgan fingerprint density at radius 3 is 2.58 bits per heavy atom. The highest BCUT2D eigenvalue weighted by Crippen LogP contribution is 2.40. The summed E-state index contributed by atoms with van der Waals surface area (Å²) >= 11 is 0. The minimum Gasteiger partial charge on any atom is -0.508 e. The molecule has 2 unspecified atom stereocenters. The van der Waals surface area contributed by atoms with Gasteiger partial charge in [-0.15, -0.1) is 0 Å². The van der Waals surface area contributed by atoms with Gasteiger partial charge in [-0.25, -0.2) is 0 Å². The fourth-order valence-electron chi connectivity index (χ4n) is 2.93. The Labute approximate surface area is 111 Å². The largest absolute Gasteiger partial charge is 0.508 e. The molecular weight excluding hydrogens is 248 g/mol. The highest BCUT2D eigenvalue weighted by atomic mass is 16.5. The van der Waals surface area contributed by atoms with Gasteiger partial charge in [0.2, 0.25) is 0 Å². The molecule has 1 saturated heterocycles. The molecule has 3 N–H and O–H groups in total. The van der Waals surface area contributed by atoms with Crippen LogP contribution in [-0.2, 0) is 11.2 Å². The maximum Gasteiger partial charge on any atom is 0.130 e. The molecule has 5 nitrogen and oxygen atoms in total. The smallest absolute Gasteiger partial charge is 0.130 e. The van der Waals surface area contributed by atoms with Crippen molar-refractivity contribution in [3.05, 3.63) is 17.7 Å². The third kappa shape index (κ3) is 2.35. The zero-order valence-electron chi connectivity index (χ0n) is 10.6. The van der Waals surface area contributed by atoms with Crippen molar-refractivity contribution in [2.45, 2.75) is 31.5 Å². The molecule has 0 radical (unpaired) electrons. The molecule has 1 fully saturated rings. The molecule has 1 aromatic carbocycles. The predicted octanol–water partition coefficient (Wildman–Crippen LogP) is 1.19. The fraction of sp³-hybridized carbons (Fsp3) is 0.571. The van der Waals surface area contributed by atoms with E-state index in [1.165, 1.54) is 12.1 Å². The van der Waals surface area contributed by atoms with E-state index in [0.717, 1.165) is 12.8 Å². The lowest BCUT2D eigenvalue weighted by Gasteiger charge is -2.37. The van der Waals surface area contributed by atoms with E-state index in [9.17, 15) is 15.3 Å². The first kappa shape index (κ1) is 12.6. The Balaban J connectivity index is 1.86. The molecule has 0 spiro atoms. The maximum absolute atomic E-state index is 10.2. The second-order valence-corrected chi connectivity index (χ2v) is 5.25. The number of fused-ring (bicyclic) bond motifs is 1. The number of hydrogen-bond acceptors (Lipinski definition) is 5. The van der Waals surface area contributed by atoms with Gasteiger partial charge in [-0.3, -0.25) is 0 Å². The van der Waals surface area contributed by atoms with Crippen molar-refractivity contribution < 1.29 is 24.8 Å². The molecule has 2 heterocycles. The van der Waals surface area contributed by atoms with Crippen LogP contribution in [0.5, 0.6) is 17.2 Å². The van der Waals surface area contributed by atoms with Crippen LogP contribution in [0.4, 0.5) is 0 Å². The highest BCUT2D eigenvalue weighted by Gasteiger charge is 2.36. The molecule has 1 aromatic rings. The van der Waals surface area contributed by atoms with Crippen LogP contribution in [0.1, 0.15) is 18.4 Å². The van der Waals surface area contributed by atoms with Crippen LogP contribution in [0.25, 0.3) is 0 Å². The summed E-state index contributed by atoms with van der Waals surface area (Å²) in [6.45, 7) is 1.38. The Bertz CT molecular complexity index is 467.